The van der Waals surface area contributed by atoms with Gasteiger partial charge in [0.25, 0.3) is 0 Å². The summed E-state index contributed by atoms with van der Waals surface area (Å²) >= 11 is 0. The second-order valence-corrected chi connectivity index (χ2v) is 2.21. The monoisotopic (exact) mass is 271 g/mol. The summed E-state index contributed by atoms with van der Waals surface area (Å²) in [7, 11) is 0. The van der Waals surface area contributed by atoms with Crippen LogP contribution in [0.3, 0.4) is 0 Å². The molecule has 0 amide bonds. The Balaban J connectivity index is 0.000000845. The molecule has 0 atom stereocenters. The summed E-state index contributed by atoms with van der Waals surface area (Å²) in [4.78, 5) is 11.0. The van der Waals surface area contributed by atoms with Crippen molar-refractivity contribution in [3.63, 3.8) is 0 Å². The molecule has 7 heteroatoms. The minimum atomic E-state index is -0.616. The predicted octanol–water partition coefficient (Wildman–Crippen LogP) is 0.469. The van der Waals surface area contributed by atoms with Gasteiger partial charge in [-0.1, -0.05) is 12.1 Å². The fourth-order valence-corrected chi connectivity index (χ4v) is 0.977. The van der Waals surface area contributed by atoms with Gasteiger partial charge >= 0.3 is 22.4 Å². The van der Waals surface area contributed by atoms with E-state index in [-0.39, 0.29) is 22.4 Å². The topological polar surface area (TPSA) is 73.8 Å². The van der Waals surface area contributed by atoms with Crippen LogP contribution in [0.1, 0.15) is 0 Å². The van der Waals surface area contributed by atoms with E-state index in [1.807, 2.05) is 0 Å². The van der Waals surface area contributed by atoms with Gasteiger partial charge in [0.2, 0.25) is 0 Å². The van der Waals surface area contributed by atoms with Crippen LogP contribution in [0.25, 0.3) is 11.0 Å². The summed E-state index contributed by atoms with van der Waals surface area (Å²) in [5.41, 5.74) is 0.928. The van der Waals surface area contributed by atoms with Crippen molar-refractivity contribution in [2.75, 3.05) is 0 Å². The maximum Gasteiger partial charge on any atom is 1.00 e. The first-order valence-corrected chi connectivity index (χ1v) is 3.24. The molecule has 0 bridgehead atoms. The molecule has 0 radical (unpaired) electrons. The molecule has 0 unspecified atom stereocenters. The van der Waals surface area contributed by atoms with Crippen LogP contribution in [0, 0.1) is 10.1 Å². The molecule has 0 aliphatic heterocycles. The molecule has 70 valence electrons. The number of nitro groups is 1. The Morgan fingerprint density at radius 3 is 2.77 bits per heavy atom. The van der Waals surface area contributed by atoms with Crippen molar-refractivity contribution in [2.24, 2.45) is 0 Å². The van der Waals surface area contributed by atoms with Crippen LogP contribution in [0.2, 0.25) is 0 Å². The molecule has 2 rings (SSSR count). The second kappa shape index (κ2) is 3.65. The van der Waals surface area contributed by atoms with Crippen LogP contribution in [-0.4, -0.2) is 20.1 Å². The van der Waals surface area contributed by atoms with Crippen molar-refractivity contribution in [2.45, 2.75) is 0 Å². The Morgan fingerprint density at radius 1 is 1.38 bits per heavy atom. The van der Waals surface area contributed by atoms with Crippen LogP contribution in [-0.2, 0) is 22.4 Å². The summed E-state index contributed by atoms with van der Waals surface area (Å²) in [5, 5.41) is 16.7. The van der Waals surface area contributed by atoms with E-state index in [0.717, 1.165) is 0 Å². The van der Waals surface area contributed by atoms with E-state index in [1.54, 1.807) is 24.3 Å². The Bertz CT molecular complexity index is 441. The Kier molecular flexibility index (Phi) is 2.76. The third-order valence-corrected chi connectivity index (χ3v) is 1.49. The number of nitrogens with zero attached hydrogens (tertiary/aromatic N) is 4. The molecule has 0 fully saturated rings. The minimum absolute atomic E-state index is 0. The van der Waals surface area contributed by atoms with Crippen LogP contribution < -0.4 is 0 Å². The quantitative estimate of drug-likeness (QED) is 0.429. The van der Waals surface area contributed by atoms with Crippen molar-refractivity contribution in [1.82, 2.24) is 15.1 Å². The third-order valence-electron chi connectivity index (χ3n) is 1.49. The first-order valence-electron chi connectivity index (χ1n) is 3.24. The molecule has 2 aromatic rings. The molecule has 0 aliphatic carbocycles. The number of para-hydroxylation sites is 1. The molecule has 13 heavy (non-hydrogen) atoms. The Morgan fingerprint density at radius 2 is 2.08 bits per heavy atom. The van der Waals surface area contributed by atoms with Crippen LogP contribution >= 0.6 is 0 Å². The Hall–Kier alpha value is -1.24. The van der Waals surface area contributed by atoms with E-state index in [1.165, 1.54) is 0 Å². The van der Waals surface area contributed by atoms with Gasteiger partial charge in [-0.2, -0.15) is 0 Å². The van der Waals surface area contributed by atoms with Crippen molar-refractivity contribution in [3.05, 3.63) is 34.4 Å². The van der Waals surface area contributed by atoms with Gasteiger partial charge in [0.1, 0.15) is 5.52 Å². The first-order chi connectivity index (χ1) is 5.79. The fraction of sp³-hybridized carbons (Fsp3) is 0. The van der Waals surface area contributed by atoms with Gasteiger partial charge in [-0.3, -0.25) is 0 Å². The SMILES string of the molecule is O=[N+]([O-])n1nnc2ccccc21.[Ag+]. The van der Waals surface area contributed by atoms with Gasteiger partial charge in [0.15, 0.2) is 10.7 Å². The van der Waals surface area contributed by atoms with Gasteiger partial charge in [0.05, 0.1) is 9.82 Å². The summed E-state index contributed by atoms with van der Waals surface area (Å²) in [6, 6.07) is 6.72. The summed E-state index contributed by atoms with van der Waals surface area (Å²) in [5.74, 6) is 0. The molecule has 1 aromatic carbocycles. The molecule has 0 spiro atoms. The number of benzene rings is 1. The number of rotatable bonds is 1. The molecule has 0 saturated carbocycles. The molecule has 0 saturated heterocycles. The van der Waals surface area contributed by atoms with Crippen molar-refractivity contribution in [1.29, 1.82) is 0 Å². The van der Waals surface area contributed by atoms with E-state index in [2.05, 4.69) is 10.3 Å². The largest absolute Gasteiger partial charge is 1.00 e. The smallest absolute Gasteiger partial charge is 0.339 e. The molecule has 0 aliphatic rings. The number of aromatic nitrogens is 3. The van der Waals surface area contributed by atoms with Crippen molar-refractivity contribution in [3.8, 4) is 0 Å². The van der Waals surface area contributed by atoms with E-state index >= 15 is 0 Å². The normalized spacial score (nSPS) is 9.54. The van der Waals surface area contributed by atoms with Crippen LogP contribution in [0.4, 0.5) is 0 Å². The van der Waals surface area contributed by atoms with Crippen LogP contribution in [0.15, 0.2) is 24.3 Å². The average molecular weight is 272 g/mol. The second-order valence-electron chi connectivity index (χ2n) is 2.21. The molecule has 6 nitrogen and oxygen atoms in total. The number of hydrogen-bond acceptors (Lipinski definition) is 4. The molecule has 1 aromatic heterocycles. The van der Waals surface area contributed by atoms with Crippen molar-refractivity contribution < 1.29 is 27.4 Å². The maximum absolute atomic E-state index is 10.3. The van der Waals surface area contributed by atoms with E-state index in [9.17, 15) is 10.1 Å². The summed E-state index contributed by atoms with van der Waals surface area (Å²) < 4.78 is 0. The van der Waals surface area contributed by atoms with Gasteiger partial charge in [-0.25, -0.2) is 0 Å². The fourth-order valence-electron chi connectivity index (χ4n) is 0.977. The standard InChI is InChI=1S/C6H4N4O2.Ag/c11-10(12)9-6-4-2-1-3-5(6)7-8-9;/h1-4H;/q;+1. The zero-order valence-corrected chi connectivity index (χ0v) is 7.70. The summed E-state index contributed by atoms with van der Waals surface area (Å²) in [6.07, 6.45) is 0. The Labute approximate surface area is 88.2 Å². The zero-order valence-electron chi connectivity index (χ0n) is 6.22. The van der Waals surface area contributed by atoms with E-state index in [0.29, 0.717) is 15.8 Å². The predicted molar refractivity (Wildman–Crippen MR) is 39.9 cm³/mol. The third kappa shape index (κ3) is 1.59. The molecule has 1 heterocycles. The van der Waals surface area contributed by atoms with Gasteiger partial charge in [0, 0.05) is 0 Å². The van der Waals surface area contributed by atoms with E-state index in [4.69, 9.17) is 0 Å². The minimum Gasteiger partial charge on any atom is -0.339 e. The van der Waals surface area contributed by atoms with Crippen LogP contribution in [0.5, 0.6) is 0 Å². The number of hydrogen-bond donors (Lipinski definition) is 0. The molecular formula is C6H4AgN4O2+. The van der Waals surface area contributed by atoms with Gasteiger partial charge in [-0.15, -0.1) is 0 Å². The van der Waals surface area contributed by atoms with Crippen molar-refractivity contribution >= 4 is 11.0 Å². The first kappa shape index (κ1) is 9.85. The average Bonchev–Trinajstić information content (AvgIpc) is 2.47. The van der Waals surface area contributed by atoms with Gasteiger partial charge in [-0.05, 0) is 17.2 Å². The molecular weight excluding hydrogens is 268 g/mol. The zero-order chi connectivity index (χ0) is 8.55. The van der Waals surface area contributed by atoms with E-state index < -0.39 is 5.03 Å². The van der Waals surface area contributed by atoms with Gasteiger partial charge < -0.3 is 10.1 Å². The maximum atomic E-state index is 10.3. The molecule has 0 N–H and O–H groups in total. The number of fused-ring (bicyclic) bond motifs is 1. The summed E-state index contributed by atoms with van der Waals surface area (Å²) in [6.45, 7) is 0.